The van der Waals surface area contributed by atoms with E-state index in [9.17, 15) is 4.79 Å². The van der Waals surface area contributed by atoms with Gasteiger partial charge in [0, 0.05) is 24.4 Å². The summed E-state index contributed by atoms with van der Waals surface area (Å²) in [4.78, 5) is 11.9. The highest BCUT2D eigenvalue weighted by Crippen LogP contribution is 2.51. The number of fused-ring (bicyclic) bond motifs is 3. The fourth-order valence-corrected chi connectivity index (χ4v) is 4.15. The van der Waals surface area contributed by atoms with Gasteiger partial charge in [-0.05, 0) is 41.1 Å². The molecule has 2 aliphatic carbocycles. The number of hydrogen-bond acceptors (Lipinski definition) is 3. The number of carbonyl (C=O) groups is 1. The van der Waals surface area contributed by atoms with Gasteiger partial charge in [0.15, 0.2) is 0 Å². The molecule has 3 rings (SSSR count). The SMILES string of the molecule is Cn1nc2c(c1Br)CCC1CC(=O)C(C#N)CC21C. The normalized spacial score (nSPS) is 33.5. The molecular formula is C14H16BrN3O. The van der Waals surface area contributed by atoms with Gasteiger partial charge in [-0.25, -0.2) is 0 Å². The van der Waals surface area contributed by atoms with Crippen LogP contribution in [0.25, 0.3) is 0 Å². The van der Waals surface area contributed by atoms with Crippen molar-refractivity contribution in [2.45, 2.75) is 38.0 Å². The van der Waals surface area contributed by atoms with Gasteiger partial charge in [-0.3, -0.25) is 9.48 Å². The Balaban J connectivity index is 2.10. The van der Waals surface area contributed by atoms with Crippen LogP contribution in [0.2, 0.25) is 0 Å². The number of rotatable bonds is 0. The summed E-state index contributed by atoms with van der Waals surface area (Å²) in [6.07, 6.45) is 3.12. The number of hydrogen-bond donors (Lipinski definition) is 0. The molecular weight excluding hydrogens is 306 g/mol. The van der Waals surface area contributed by atoms with E-state index in [2.05, 4.69) is 34.0 Å². The Hall–Kier alpha value is -1.15. The summed E-state index contributed by atoms with van der Waals surface area (Å²) in [5.74, 6) is -0.0182. The lowest BCUT2D eigenvalue weighted by atomic mass is 9.58. The summed E-state index contributed by atoms with van der Waals surface area (Å²) >= 11 is 3.59. The molecule has 5 heteroatoms. The molecule has 19 heavy (non-hydrogen) atoms. The van der Waals surface area contributed by atoms with Crippen LogP contribution < -0.4 is 0 Å². The van der Waals surface area contributed by atoms with Crippen LogP contribution in [0.15, 0.2) is 4.60 Å². The molecule has 1 fully saturated rings. The number of ketones is 1. The predicted octanol–water partition coefficient (Wildman–Crippen LogP) is 2.51. The zero-order chi connectivity index (χ0) is 13.8. The van der Waals surface area contributed by atoms with Crippen LogP contribution in [0.1, 0.15) is 37.4 Å². The third kappa shape index (κ3) is 1.69. The second-order valence-electron chi connectivity index (χ2n) is 5.95. The highest BCUT2D eigenvalue weighted by Gasteiger charge is 2.50. The van der Waals surface area contributed by atoms with Gasteiger partial charge >= 0.3 is 0 Å². The van der Waals surface area contributed by atoms with E-state index < -0.39 is 5.92 Å². The van der Waals surface area contributed by atoms with E-state index >= 15 is 0 Å². The van der Waals surface area contributed by atoms with E-state index in [1.165, 1.54) is 5.56 Å². The Bertz CT molecular complexity index is 601. The summed E-state index contributed by atoms with van der Waals surface area (Å²) in [5.41, 5.74) is 2.21. The average molecular weight is 322 g/mol. The number of aryl methyl sites for hydroxylation is 1. The first-order valence-electron chi connectivity index (χ1n) is 6.61. The fourth-order valence-electron chi connectivity index (χ4n) is 3.69. The lowest BCUT2D eigenvalue weighted by molar-refractivity contribution is -0.126. The van der Waals surface area contributed by atoms with Crippen LogP contribution in [0.3, 0.4) is 0 Å². The number of carbonyl (C=O) groups excluding carboxylic acids is 1. The molecule has 0 amide bonds. The molecule has 1 aromatic rings. The van der Waals surface area contributed by atoms with Crippen molar-refractivity contribution < 1.29 is 4.79 Å². The number of halogens is 1. The summed E-state index contributed by atoms with van der Waals surface area (Å²) < 4.78 is 2.89. The maximum atomic E-state index is 11.9. The first-order valence-corrected chi connectivity index (χ1v) is 7.41. The van der Waals surface area contributed by atoms with E-state index in [-0.39, 0.29) is 11.2 Å². The Morgan fingerprint density at radius 2 is 2.32 bits per heavy atom. The van der Waals surface area contributed by atoms with Gasteiger partial charge in [-0.15, -0.1) is 0 Å². The van der Waals surface area contributed by atoms with Crippen molar-refractivity contribution >= 4 is 21.7 Å². The summed E-state index contributed by atoms with van der Waals surface area (Å²) in [6, 6.07) is 2.17. The number of aromatic nitrogens is 2. The largest absolute Gasteiger partial charge is 0.298 e. The molecule has 1 heterocycles. The topological polar surface area (TPSA) is 58.7 Å². The second-order valence-corrected chi connectivity index (χ2v) is 6.70. The lowest BCUT2D eigenvalue weighted by Gasteiger charge is -2.44. The highest BCUT2D eigenvalue weighted by molar-refractivity contribution is 9.10. The van der Waals surface area contributed by atoms with Gasteiger partial charge in [0.2, 0.25) is 0 Å². The van der Waals surface area contributed by atoms with Crippen molar-refractivity contribution in [3.8, 4) is 6.07 Å². The van der Waals surface area contributed by atoms with Crippen molar-refractivity contribution in [3.05, 3.63) is 15.9 Å². The van der Waals surface area contributed by atoms with E-state index in [4.69, 9.17) is 5.26 Å². The van der Waals surface area contributed by atoms with Gasteiger partial charge in [-0.2, -0.15) is 10.4 Å². The summed E-state index contributed by atoms with van der Waals surface area (Å²) in [6.45, 7) is 2.17. The maximum Gasteiger partial charge on any atom is 0.150 e. The summed E-state index contributed by atoms with van der Waals surface area (Å²) in [5, 5.41) is 13.8. The molecule has 0 aliphatic heterocycles. The Morgan fingerprint density at radius 3 is 3.00 bits per heavy atom. The Morgan fingerprint density at radius 1 is 1.58 bits per heavy atom. The molecule has 0 aromatic carbocycles. The zero-order valence-electron chi connectivity index (χ0n) is 11.1. The van der Waals surface area contributed by atoms with Crippen molar-refractivity contribution in [2.24, 2.45) is 18.9 Å². The fraction of sp³-hybridized carbons (Fsp3) is 0.643. The first kappa shape index (κ1) is 12.9. The van der Waals surface area contributed by atoms with Gasteiger partial charge in [0.25, 0.3) is 0 Å². The van der Waals surface area contributed by atoms with Crippen molar-refractivity contribution in [1.29, 1.82) is 5.26 Å². The van der Waals surface area contributed by atoms with Crippen LogP contribution in [-0.4, -0.2) is 15.6 Å². The van der Waals surface area contributed by atoms with Crippen LogP contribution in [0.5, 0.6) is 0 Å². The minimum atomic E-state index is -0.465. The van der Waals surface area contributed by atoms with Crippen molar-refractivity contribution in [3.63, 3.8) is 0 Å². The molecule has 0 spiro atoms. The monoisotopic (exact) mass is 321 g/mol. The minimum absolute atomic E-state index is 0.114. The Labute approximate surface area is 120 Å². The molecule has 3 unspecified atom stereocenters. The number of nitriles is 1. The van der Waals surface area contributed by atoms with Gasteiger partial charge in [-0.1, -0.05) is 6.92 Å². The standard InChI is InChI=1S/C14H16BrN3O/c1-14-6-8(7-16)11(19)5-9(14)3-4-10-12(14)17-18(2)13(10)15/h8-9H,3-6H2,1-2H3. The summed E-state index contributed by atoms with van der Waals surface area (Å²) in [7, 11) is 1.93. The highest BCUT2D eigenvalue weighted by atomic mass is 79.9. The van der Waals surface area contributed by atoms with Gasteiger partial charge < -0.3 is 0 Å². The number of Topliss-reactive ketones (excluding diaryl/α,β-unsaturated/α-hetero) is 1. The smallest absolute Gasteiger partial charge is 0.150 e. The van der Waals surface area contributed by atoms with Gasteiger partial charge in [0.1, 0.15) is 16.3 Å². The number of nitrogens with zero attached hydrogens (tertiary/aromatic N) is 3. The second kappa shape index (κ2) is 4.17. The molecule has 4 nitrogen and oxygen atoms in total. The van der Waals surface area contributed by atoms with Gasteiger partial charge in [0.05, 0.1) is 11.8 Å². The Kier molecular flexibility index (Phi) is 2.82. The van der Waals surface area contributed by atoms with Crippen LogP contribution in [-0.2, 0) is 23.7 Å². The first-order chi connectivity index (χ1) is 8.97. The molecule has 100 valence electrons. The van der Waals surface area contributed by atoms with Crippen molar-refractivity contribution in [2.75, 3.05) is 0 Å². The lowest BCUT2D eigenvalue weighted by Crippen LogP contribution is -2.45. The quantitative estimate of drug-likeness (QED) is 0.737. The average Bonchev–Trinajstić information content (AvgIpc) is 2.67. The van der Waals surface area contributed by atoms with Crippen LogP contribution >= 0.6 is 15.9 Å². The molecule has 0 N–H and O–H groups in total. The van der Waals surface area contributed by atoms with E-state index in [0.717, 1.165) is 23.1 Å². The molecule has 1 saturated carbocycles. The molecule has 1 aromatic heterocycles. The van der Waals surface area contributed by atoms with E-state index in [1.807, 2.05) is 11.7 Å². The van der Waals surface area contributed by atoms with Crippen LogP contribution in [0, 0.1) is 23.2 Å². The molecule has 3 atom stereocenters. The third-order valence-electron chi connectivity index (χ3n) is 4.87. The van der Waals surface area contributed by atoms with Crippen molar-refractivity contribution in [1.82, 2.24) is 9.78 Å². The van der Waals surface area contributed by atoms with E-state index in [0.29, 0.717) is 18.8 Å². The minimum Gasteiger partial charge on any atom is -0.298 e. The molecule has 0 bridgehead atoms. The molecule has 2 aliphatic rings. The zero-order valence-corrected chi connectivity index (χ0v) is 12.7. The van der Waals surface area contributed by atoms with Crippen LogP contribution in [0.4, 0.5) is 0 Å². The predicted molar refractivity (Wildman–Crippen MR) is 73.4 cm³/mol. The van der Waals surface area contributed by atoms with E-state index in [1.54, 1.807) is 0 Å². The third-order valence-corrected chi connectivity index (χ3v) is 5.87. The molecule has 0 saturated heterocycles. The maximum absolute atomic E-state index is 11.9. The molecule has 0 radical (unpaired) electrons.